The van der Waals surface area contributed by atoms with Crippen LogP contribution in [0.15, 0.2) is 48.5 Å². The fourth-order valence-electron chi connectivity index (χ4n) is 3.41. The second-order valence-electron chi connectivity index (χ2n) is 7.05. The molecule has 1 fully saturated rings. The number of thiophene rings is 1. The average Bonchev–Trinajstić information content (AvgIpc) is 3.41. The van der Waals surface area contributed by atoms with Gasteiger partial charge in [-0.15, -0.1) is 11.3 Å². The first-order valence-electron chi connectivity index (χ1n) is 9.67. The third-order valence-electron chi connectivity index (χ3n) is 4.96. The summed E-state index contributed by atoms with van der Waals surface area (Å²) >= 11 is 7.59. The van der Waals surface area contributed by atoms with Crippen LogP contribution in [0.2, 0.25) is 5.02 Å². The van der Waals surface area contributed by atoms with Crippen molar-refractivity contribution in [2.75, 3.05) is 25.0 Å². The van der Waals surface area contributed by atoms with Crippen LogP contribution in [0.25, 0.3) is 10.1 Å². The van der Waals surface area contributed by atoms with Crippen molar-refractivity contribution in [3.05, 3.63) is 64.0 Å². The van der Waals surface area contributed by atoms with E-state index in [0.29, 0.717) is 21.2 Å². The van der Waals surface area contributed by atoms with Crippen molar-refractivity contribution >= 4 is 56.4 Å². The Morgan fingerprint density at radius 3 is 2.40 bits per heavy atom. The van der Waals surface area contributed by atoms with Crippen LogP contribution in [0.5, 0.6) is 0 Å². The van der Waals surface area contributed by atoms with Crippen molar-refractivity contribution < 1.29 is 14.4 Å². The maximum Gasteiger partial charge on any atom is 0.263 e. The summed E-state index contributed by atoms with van der Waals surface area (Å²) in [6.45, 7) is 1.40. The largest absolute Gasteiger partial charge is 0.342 e. The molecule has 1 aliphatic heterocycles. The summed E-state index contributed by atoms with van der Waals surface area (Å²) in [6.07, 6.45) is 2.08. The second kappa shape index (κ2) is 8.85. The van der Waals surface area contributed by atoms with Crippen molar-refractivity contribution in [3.63, 3.8) is 0 Å². The van der Waals surface area contributed by atoms with Crippen LogP contribution in [0.4, 0.5) is 5.69 Å². The number of carbonyl (C=O) groups excluding carboxylic acids is 3. The van der Waals surface area contributed by atoms with Crippen LogP contribution >= 0.6 is 22.9 Å². The molecule has 0 saturated carbocycles. The number of rotatable bonds is 5. The summed E-state index contributed by atoms with van der Waals surface area (Å²) in [5, 5.41) is 6.54. The maximum atomic E-state index is 12.4. The van der Waals surface area contributed by atoms with Gasteiger partial charge in [0, 0.05) is 34.4 Å². The molecule has 0 spiro atoms. The van der Waals surface area contributed by atoms with E-state index in [1.807, 2.05) is 29.2 Å². The Hall–Kier alpha value is -2.90. The number of likely N-dealkylation sites (tertiary alicyclic amines) is 1. The highest BCUT2D eigenvalue weighted by Crippen LogP contribution is 2.34. The number of halogens is 1. The smallest absolute Gasteiger partial charge is 0.263 e. The van der Waals surface area contributed by atoms with Crippen LogP contribution in [-0.2, 0) is 4.79 Å². The number of nitrogens with zero attached hydrogens (tertiary/aromatic N) is 1. The molecule has 0 bridgehead atoms. The molecule has 0 unspecified atom stereocenters. The lowest BCUT2D eigenvalue weighted by atomic mass is 10.2. The highest BCUT2D eigenvalue weighted by atomic mass is 35.5. The van der Waals surface area contributed by atoms with E-state index in [1.165, 1.54) is 11.3 Å². The van der Waals surface area contributed by atoms with E-state index < -0.39 is 0 Å². The molecule has 2 N–H and O–H groups in total. The van der Waals surface area contributed by atoms with Crippen molar-refractivity contribution in [2.24, 2.45) is 0 Å². The van der Waals surface area contributed by atoms with Crippen LogP contribution in [0, 0.1) is 0 Å². The van der Waals surface area contributed by atoms with Crippen LogP contribution in [-0.4, -0.2) is 42.3 Å². The minimum Gasteiger partial charge on any atom is -0.342 e. The highest BCUT2D eigenvalue weighted by Gasteiger charge is 2.20. The Morgan fingerprint density at radius 1 is 1.00 bits per heavy atom. The highest BCUT2D eigenvalue weighted by molar-refractivity contribution is 7.21. The van der Waals surface area contributed by atoms with Crippen LogP contribution < -0.4 is 10.6 Å². The minimum atomic E-state index is -0.386. The van der Waals surface area contributed by atoms with Crippen molar-refractivity contribution in [1.29, 1.82) is 0 Å². The number of anilines is 1. The lowest BCUT2D eigenvalue weighted by Gasteiger charge is -2.15. The zero-order valence-electron chi connectivity index (χ0n) is 16.1. The molecule has 0 atom stereocenters. The van der Waals surface area contributed by atoms with Crippen LogP contribution in [0.3, 0.4) is 0 Å². The van der Waals surface area contributed by atoms with Crippen LogP contribution in [0.1, 0.15) is 32.9 Å². The topological polar surface area (TPSA) is 78.5 Å². The van der Waals surface area contributed by atoms with Crippen molar-refractivity contribution in [3.8, 4) is 0 Å². The quantitative estimate of drug-likeness (QED) is 0.624. The predicted octanol–water partition coefficient (Wildman–Crippen LogP) is 4.16. The Morgan fingerprint density at radius 2 is 1.70 bits per heavy atom. The number of amides is 3. The van der Waals surface area contributed by atoms with Gasteiger partial charge in [0.05, 0.1) is 11.6 Å². The molecular formula is C22H20ClN3O3S. The summed E-state index contributed by atoms with van der Waals surface area (Å²) in [5.41, 5.74) is 1.16. The van der Waals surface area contributed by atoms with E-state index in [1.54, 1.807) is 24.3 Å². The van der Waals surface area contributed by atoms with Gasteiger partial charge in [0.25, 0.3) is 11.8 Å². The minimum absolute atomic E-state index is 0.0119. The van der Waals surface area contributed by atoms with Gasteiger partial charge in [-0.2, -0.15) is 0 Å². The summed E-state index contributed by atoms with van der Waals surface area (Å²) in [5.74, 6) is -0.736. The molecule has 1 saturated heterocycles. The normalized spacial score (nSPS) is 13.4. The van der Waals surface area contributed by atoms with E-state index in [2.05, 4.69) is 10.6 Å². The van der Waals surface area contributed by atoms with E-state index in [-0.39, 0.29) is 24.3 Å². The van der Waals surface area contributed by atoms with Gasteiger partial charge in [-0.05, 0) is 43.2 Å². The van der Waals surface area contributed by atoms with Gasteiger partial charge in [0.15, 0.2) is 0 Å². The standard InChI is InChI=1S/C22H20ClN3O3S/c23-19-16-5-1-2-6-17(16)30-20(19)21(28)24-13-18(27)25-15-9-7-14(8-10-15)22(29)26-11-3-4-12-26/h1-2,5-10H,3-4,11-13H2,(H,24,28)(H,25,27). The molecule has 3 aromatic rings. The lowest BCUT2D eigenvalue weighted by Crippen LogP contribution is -2.32. The summed E-state index contributed by atoms with van der Waals surface area (Å²) in [4.78, 5) is 39.2. The fourth-order valence-corrected chi connectivity index (χ4v) is 4.84. The molecule has 6 nitrogen and oxygen atoms in total. The Labute approximate surface area is 182 Å². The Kier molecular flexibility index (Phi) is 6.01. The first kappa shape index (κ1) is 20.4. The third kappa shape index (κ3) is 4.32. The molecule has 0 aliphatic carbocycles. The molecule has 4 rings (SSSR count). The van der Waals surface area contributed by atoms with Gasteiger partial charge in [-0.25, -0.2) is 0 Å². The monoisotopic (exact) mass is 441 g/mol. The predicted molar refractivity (Wildman–Crippen MR) is 119 cm³/mol. The number of benzene rings is 2. The summed E-state index contributed by atoms with van der Waals surface area (Å²) < 4.78 is 0.917. The number of hydrogen-bond donors (Lipinski definition) is 2. The molecule has 8 heteroatoms. The molecule has 1 aliphatic rings. The van der Waals surface area contributed by atoms with Gasteiger partial charge in [-0.3, -0.25) is 14.4 Å². The molecule has 3 amide bonds. The number of nitrogens with one attached hydrogen (secondary N) is 2. The van der Waals surface area contributed by atoms with E-state index in [4.69, 9.17) is 11.6 Å². The summed E-state index contributed by atoms with van der Waals surface area (Å²) in [6, 6.07) is 14.3. The molecule has 2 aromatic carbocycles. The van der Waals surface area contributed by atoms with Gasteiger partial charge < -0.3 is 15.5 Å². The van der Waals surface area contributed by atoms with Gasteiger partial charge in [-0.1, -0.05) is 29.8 Å². The lowest BCUT2D eigenvalue weighted by molar-refractivity contribution is -0.115. The SMILES string of the molecule is O=C(CNC(=O)c1sc2ccccc2c1Cl)Nc1ccc(C(=O)N2CCCC2)cc1. The number of fused-ring (bicyclic) bond motifs is 1. The number of carbonyl (C=O) groups is 3. The second-order valence-corrected chi connectivity index (χ2v) is 8.48. The molecule has 0 radical (unpaired) electrons. The van der Waals surface area contributed by atoms with Gasteiger partial charge >= 0.3 is 0 Å². The average molecular weight is 442 g/mol. The van der Waals surface area contributed by atoms with E-state index in [0.717, 1.165) is 36.0 Å². The third-order valence-corrected chi connectivity index (χ3v) is 6.63. The fraction of sp³-hybridized carbons (Fsp3) is 0.227. The Bertz CT molecular complexity index is 1100. The van der Waals surface area contributed by atoms with Gasteiger partial charge in [0.1, 0.15) is 4.88 Å². The molecular weight excluding hydrogens is 422 g/mol. The first-order valence-corrected chi connectivity index (χ1v) is 10.9. The van der Waals surface area contributed by atoms with E-state index in [9.17, 15) is 14.4 Å². The molecule has 2 heterocycles. The zero-order chi connectivity index (χ0) is 21.1. The van der Waals surface area contributed by atoms with Gasteiger partial charge in [0.2, 0.25) is 5.91 Å². The number of hydrogen-bond acceptors (Lipinski definition) is 4. The van der Waals surface area contributed by atoms with Crippen molar-refractivity contribution in [2.45, 2.75) is 12.8 Å². The van der Waals surface area contributed by atoms with Crippen molar-refractivity contribution in [1.82, 2.24) is 10.2 Å². The molecule has 154 valence electrons. The zero-order valence-corrected chi connectivity index (χ0v) is 17.7. The maximum absolute atomic E-state index is 12.4. The van der Waals surface area contributed by atoms with E-state index >= 15 is 0 Å². The Balaban J connectivity index is 1.32. The molecule has 1 aromatic heterocycles. The summed E-state index contributed by atoms with van der Waals surface area (Å²) in [7, 11) is 0. The molecule has 30 heavy (non-hydrogen) atoms. The first-order chi connectivity index (χ1) is 14.5.